The third-order valence-corrected chi connectivity index (χ3v) is 3.44. The molecule has 0 aliphatic heterocycles. The van der Waals surface area contributed by atoms with Crippen molar-refractivity contribution >= 4 is 0 Å². The Bertz CT molecular complexity index is 167. The lowest BCUT2D eigenvalue weighted by molar-refractivity contribution is 0.00965. The van der Waals surface area contributed by atoms with Gasteiger partial charge in [0.25, 0.3) is 0 Å². The number of hydrogen-bond acceptors (Lipinski definition) is 2. The summed E-state index contributed by atoms with van der Waals surface area (Å²) >= 11 is 0. The fourth-order valence-corrected chi connectivity index (χ4v) is 2.10. The van der Waals surface area contributed by atoms with Gasteiger partial charge in [-0.3, -0.25) is 0 Å². The van der Waals surface area contributed by atoms with Crippen LogP contribution in [0.2, 0.25) is 0 Å². The molecule has 0 amide bonds. The van der Waals surface area contributed by atoms with E-state index in [2.05, 4.69) is 12.2 Å². The fraction of sp³-hybridized carbons (Fsp3) is 1.00. The molecule has 0 radical (unpaired) electrons. The zero-order valence-electron chi connectivity index (χ0n) is 7.84. The Labute approximate surface area is 74.4 Å². The molecule has 70 valence electrons. The Kier molecular flexibility index (Phi) is 2.13. The number of hydrogen-bond donors (Lipinski definition) is 2. The van der Waals surface area contributed by atoms with Crippen LogP contribution in [0.1, 0.15) is 39.0 Å². The van der Waals surface area contributed by atoms with Gasteiger partial charge in [0, 0.05) is 12.6 Å². The number of rotatable bonds is 3. The molecule has 2 rings (SSSR count). The third kappa shape index (κ3) is 1.64. The molecule has 0 saturated heterocycles. The van der Waals surface area contributed by atoms with Gasteiger partial charge in [-0.25, -0.2) is 0 Å². The minimum absolute atomic E-state index is 0.386. The molecule has 0 aromatic rings. The van der Waals surface area contributed by atoms with Gasteiger partial charge in [-0.15, -0.1) is 0 Å². The van der Waals surface area contributed by atoms with Crippen LogP contribution in [0.3, 0.4) is 0 Å². The maximum Gasteiger partial charge on any atom is 0.0797 e. The highest BCUT2D eigenvalue weighted by Crippen LogP contribution is 2.35. The summed E-state index contributed by atoms with van der Waals surface area (Å²) in [6.07, 6.45) is 6.01. The van der Waals surface area contributed by atoms with Crippen LogP contribution in [-0.2, 0) is 0 Å². The molecule has 2 unspecified atom stereocenters. The first-order valence-corrected chi connectivity index (χ1v) is 5.16. The van der Waals surface area contributed by atoms with Gasteiger partial charge in [0.2, 0.25) is 0 Å². The predicted octanol–water partition coefficient (Wildman–Crippen LogP) is 1.29. The molecular formula is C10H19NO. The van der Waals surface area contributed by atoms with Crippen molar-refractivity contribution in [1.29, 1.82) is 0 Å². The molecule has 0 bridgehead atoms. The molecule has 2 aliphatic rings. The summed E-state index contributed by atoms with van der Waals surface area (Å²) in [7, 11) is 0. The standard InChI is InChI=1S/C10H19NO/c1-8-3-2-6-10(8,12)7-11-9-4-5-9/h8-9,11-12H,2-7H2,1H3. The van der Waals surface area contributed by atoms with E-state index in [-0.39, 0.29) is 5.60 Å². The lowest BCUT2D eigenvalue weighted by Crippen LogP contribution is -2.43. The first kappa shape index (κ1) is 8.52. The molecule has 2 fully saturated rings. The van der Waals surface area contributed by atoms with Gasteiger partial charge in [-0.1, -0.05) is 13.3 Å². The molecule has 2 aliphatic carbocycles. The van der Waals surface area contributed by atoms with Crippen molar-refractivity contribution in [1.82, 2.24) is 5.32 Å². The Morgan fingerprint density at radius 3 is 2.67 bits per heavy atom. The molecule has 2 nitrogen and oxygen atoms in total. The summed E-state index contributed by atoms with van der Waals surface area (Å²) in [6, 6.07) is 0.724. The van der Waals surface area contributed by atoms with Gasteiger partial charge in [0.15, 0.2) is 0 Å². The zero-order chi connectivity index (χ0) is 8.60. The van der Waals surface area contributed by atoms with Gasteiger partial charge in [0.05, 0.1) is 5.60 Å². The van der Waals surface area contributed by atoms with E-state index in [0.29, 0.717) is 5.92 Å². The molecule has 0 heterocycles. The smallest absolute Gasteiger partial charge is 0.0797 e. The van der Waals surface area contributed by atoms with E-state index >= 15 is 0 Å². The quantitative estimate of drug-likeness (QED) is 0.667. The van der Waals surface area contributed by atoms with Crippen LogP contribution in [-0.4, -0.2) is 23.3 Å². The fourth-order valence-electron chi connectivity index (χ4n) is 2.10. The minimum atomic E-state index is -0.386. The van der Waals surface area contributed by atoms with Crippen LogP contribution in [0.25, 0.3) is 0 Å². The molecule has 0 aromatic heterocycles. The van der Waals surface area contributed by atoms with Crippen molar-refractivity contribution < 1.29 is 5.11 Å². The summed E-state index contributed by atoms with van der Waals surface area (Å²) in [5, 5.41) is 13.6. The Hall–Kier alpha value is -0.0800. The topological polar surface area (TPSA) is 32.3 Å². The van der Waals surface area contributed by atoms with Gasteiger partial charge in [-0.2, -0.15) is 0 Å². The second-order valence-corrected chi connectivity index (χ2v) is 4.55. The average molecular weight is 169 g/mol. The van der Waals surface area contributed by atoms with Crippen LogP contribution in [0, 0.1) is 5.92 Å². The highest BCUT2D eigenvalue weighted by Gasteiger charge is 2.38. The van der Waals surface area contributed by atoms with E-state index in [1.54, 1.807) is 0 Å². The molecule has 0 spiro atoms. The molecule has 0 aromatic carbocycles. The Morgan fingerprint density at radius 1 is 1.42 bits per heavy atom. The highest BCUT2D eigenvalue weighted by molar-refractivity contribution is 4.94. The summed E-state index contributed by atoms with van der Waals surface area (Å²) in [5.74, 6) is 0.490. The van der Waals surface area contributed by atoms with Gasteiger partial charge in [0.1, 0.15) is 0 Å². The van der Waals surface area contributed by atoms with Crippen molar-refractivity contribution in [2.45, 2.75) is 50.7 Å². The average Bonchev–Trinajstić information content (AvgIpc) is 2.79. The molecule has 2 N–H and O–H groups in total. The second-order valence-electron chi connectivity index (χ2n) is 4.55. The summed E-state index contributed by atoms with van der Waals surface area (Å²) in [6.45, 7) is 2.99. The SMILES string of the molecule is CC1CCCC1(O)CNC1CC1. The van der Waals surface area contributed by atoms with E-state index in [1.807, 2.05) is 0 Å². The maximum atomic E-state index is 10.2. The maximum absolute atomic E-state index is 10.2. The third-order valence-electron chi connectivity index (χ3n) is 3.44. The largest absolute Gasteiger partial charge is 0.388 e. The van der Waals surface area contributed by atoms with Crippen molar-refractivity contribution in [2.24, 2.45) is 5.92 Å². The van der Waals surface area contributed by atoms with Crippen molar-refractivity contribution in [2.75, 3.05) is 6.54 Å². The minimum Gasteiger partial charge on any atom is -0.388 e. The molecule has 2 saturated carbocycles. The molecule has 12 heavy (non-hydrogen) atoms. The Balaban J connectivity index is 1.82. The molecular weight excluding hydrogens is 150 g/mol. The predicted molar refractivity (Wildman–Crippen MR) is 49.0 cm³/mol. The molecule has 2 atom stereocenters. The van der Waals surface area contributed by atoms with Gasteiger partial charge < -0.3 is 10.4 Å². The normalized spacial score (nSPS) is 42.0. The van der Waals surface area contributed by atoms with Gasteiger partial charge in [-0.05, 0) is 31.6 Å². The van der Waals surface area contributed by atoms with Crippen LogP contribution in [0.5, 0.6) is 0 Å². The molecule has 2 heteroatoms. The van der Waals surface area contributed by atoms with Gasteiger partial charge >= 0.3 is 0 Å². The number of nitrogens with one attached hydrogen (secondary N) is 1. The van der Waals surface area contributed by atoms with Crippen LogP contribution >= 0.6 is 0 Å². The van der Waals surface area contributed by atoms with E-state index < -0.39 is 0 Å². The highest BCUT2D eigenvalue weighted by atomic mass is 16.3. The van der Waals surface area contributed by atoms with E-state index in [0.717, 1.165) is 19.0 Å². The van der Waals surface area contributed by atoms with Crippen LogP contribution in [0.15, 0.2) is 0 Å². The first-order valence-electron chi connectivity index (χ1n) is 5.16. The van der Waals surface area contributed by atoms with E-state index in [9.17, 15) is 5.11 Å². The monoisotopic (exact) mass is 169 g/mol. The lowest BCUT2D eigenvalue weighted by Gasteiger charge is -2.28. The van der Waals surface area contributed by atoms with Crippen LogP contribution < -0.4 is 5.32 Å². The lowest BCUT2D eigenvalue weighted by atomic mass is 9.92. The van der Waals surface area contributed by atoms with Crippen LogP contribution in [0.4, 0.5) is 0 Å². The Morgan fingerprint density at radius 2 is 2.17 bits per heavy atom. The van der Waals surface area contributed by atoms with Crippen molar-refractivity contribution in [3.8, 4) is 0 Å². The zero-order valence-corrected chi connectivity index (χ0v) is 7.84. The van der Waals surface area contributed by atoms with E-state index in [1.165, 1.54) is 25.7 Å². The summed E-state index contributed by atoms with van der Waals surface area (Å²) in [4.78, 5) is 0. The second kappa shape index (κ2) is 3.00. The summed E-state index contributed by atoms with van der Waals surface area (Å²) < 4.78 is 0. The first-order chi connectivity index (χ1) is 5.71. The van der Waals surface area contributed by atoms with E-state index in [4.69, 9.17) is 0 Å². The van der Waals surface area contributed by atoms with Crippen molar-refractivity contribution in [3.05, 3.63) is 0 Å². The van der Waals surface area contributed by atoms with Crippen molar-refractivity contribution in [3.63, 3.8) is 0 Å². The number of aliphatic hydroxyl groups is 1. The summed E-state index contributed by atoms with van der Waals surface area (Å²) in [5.41, 5.74) is -0.386.